The number of amides is 1. The van der Waals surface area contributed by atoms with Crippen molar-refractivity contribution in [3.63, 3.8) is 0 Å². The van der Waals surface area contributed by atoms with Gasteiger partial charge < -0.3 is 13.9 Å². The second-order valence-electron chi connectivity index (χ2n) is 6.91. The molecule has 0 radical (unpaired) electrons. The SMILES string of the molecule is CCN(CC(=O)Nc1oc(C)c2c(C)n[nH]c(=O)c12)Cc1ccc2c(c1)OCO2. The van der Waals surface area contributed by atoms with E-state index in [1.54, 1.807) is 13.8 Å². The van der Waals surface area contributed by atoms with Crippen LogP contribution in [0.2, 0.25) is 0 Å². The van der Waals surface area contributed by atoms with Crippen LogP contribution in [0.1, 0.15) is 23.9 Å². The number of hydrogen-bond acceptors (Lipinski definition) is 7. The maximum Gasteiger partial charge on any atom is 0.277 e. The Hall–Kier alpha value is -3.33. The molecule has 0 unspecified atom stereocenters. The largest absolute Gasteiger partial charge is 0.454 e. The van der Waals surface area contributed by atoms with Crippen LogP contribution in [0.5, 0.6) is 11.5 Å². The van der Waals surface area contributed by atoms with Crippen LogP contribution in [0.3, 0.4) is 0 Å². The van der Waals surface area contributed by atoms with Crippen LogP contribution >= 0.6 is 0 Å². The molecular weight excluding hydrogens is 376 g/mol. The maximum atomic E-state index is 12.6. The summed E-state index contributed by atoms with van der Waals surface area (Å²) in [4.78, 5) is 26.8. The Kier molecular flexibility index (Phi) is 4.98. The standard InChI is InChI=1S/C20H22N4O5/c1-4-24(8-13-5-6-14-15(7-13)28-10-27-14)9-16(25)21-20-18-17(12(3)29-20)11(2)22-23-19(18)26/h5-7H,4,8-10H2,1-3H3,(H,21,25)(H,23,26). The summed E-state index contributed by atoms with van der Waals surface area (Å²) in [5.74, 6) is 1.86. The Balaban J connectivity index is 1.48. The fourth-order valence-electron chi connectivity index (χ4n) is 3.48. The fourth-order valence-corrected chi connectivity index (χ4v) is 3.48. The minimum atomic E-state index is -0.398. The average Bonchev–Trinajstić information content (AvgIpc) is 3.28. The molecule has 9 nitrogen and oxygen atoms in total. The van der Waals surface area contributed by atoms with Crippen molar-refractivity contribution in [1.82, 2.24) is 15.1 Å². The summed E-state index contributed by atoms with van der Waals surface area (Å²) in [5, 5.41) is 10.0. The Morgan fingerprint density at radius 3 is 2.83 bits per heavy atom. The smallest absolute Gasteiger partial charge is 0.277 e. The van der Waals surface area contributed by atoms with Crippen molar-refractivity contribution < 1.29 is 18.7 Å². The molecule has 1 amide bonds. The van der Waals surface area contributed by atoms with Crippen molar-refractivity contribution in [2.75, 3.05) is 25.2 Å². The zero-order valence-corrected chi connectivity index (χ0v) is 16.5. The number of aromatic nitrogens is 2. The first kappa shape index (κ1) is 19.0. The quantitative estimate of drug-likeness (QED) is 0.656. The Labute approximate surface area is 166 Å². The minimum absolute atomic E-state index is 0.147. The van der Waals surface area contributed by atoms with Gasteiger partial charge >= 0.3 is 0 Å². The van der Waals surface area contributed by atoms with Crippen LogP contribution in [-0.4, -0.2) is 40.9 Å². The molecule has 0 saturated carbocycles. The third-order valence-corrected chi connectivity index (χ3v) is 4.91. The second-order valence-corrected chi connectivity index (χ2v) is 6.91. The summed E-state index contributed by atoms with van der Waals surface area (Å²) < 4.78 is 16.4. The zero-order chi connectivity index (χ0) is 20.5. The molecule has 1 aromatic carbocycles. The predicted octanol–water partition coefficient (Wildman–Crippen LogP) is 2.32. The van der Waals surface area contributed by atoms with Gasteiger partial charge in [0, 0.05) is 6.54 Å². The number of likely N-dealkylation sites (N-methyl/N-ethyl adjacent to an activating group) is 1. The highest BCUT2D eigenvalue weighted by atomic mass is 16.7. The minimum Gasteiger partial charge on any atom is -0.454 e. The summed E-state index contributed by atoms with van der Waals surface area (Å²) in [6.07, 6.45) is 0. The molecule has 0 saturated heterocycles. The average molecular weight is 398 g/mol. The van der Waals surface area contributed by atoms with E-state index in [2.05, 4.69) is 15.5 Å². The van der Waals surface area contributed by atoms with E-state index < -0.39 is 5.56 Å². The summed E-state index contributed by atoms with van der Waals surface area (Å²) >= 11 is 0. The first-order valence-electron chi connectivity index (χ1n) is 9.35. The molecule has 3 aromatic rings. The number of ether oxygens (including phenoxy) is 2. The first-order valence-corrected chi connectivity index (χ1v) is 9.35. The Bertz CT molecular complexity index is 1130. The van der Waals surface area contributed by atoms with E-state index in [-0.39, 0.29) is 25.1 Å². The number of benzene rings is 1. The van der Waals surface area contributed by atoms with Crippen LogP contribution in [0.4, 0.5) is 5.88 Å². The lowest BCUT2D eigenvalue weighted by Gasteiger charge is -2.19. The molecule has 0 fully saturated rings. The molecule has 2 N–H and O–H groups in total. The molecule has 2 aromatic heterocycles. The number of hydrogen-bond donors (Lipinski definition) is 2. The monoisotopic (exact) mass is 398 g/mol. The normalized spacial score (nSPS) is 12.7. The third-order valence-electron chi connectivity index (χ3n) is 4.91. The zero-order valence-electron chi connectivity index (χ0n) is 16.5. The number of furan rings is 1. The van der Waals surface area contributed by atoms with Gasteiger partial charge in [-0.25, -0.2) is 5.10 Å². The summed E-state index contributed by atoms with van der Waals surface area (Å²) in [5.41, 5.74) is 1.26. The van der Waals surface area contributed by atoms with Crippen molar-refractivity contribution in [2.45, 2.75) is 27.3 Å². The topological polar surface area (TPSA) is 110 Å². The predicted molar refractivity (Wildman–Crippen MR) is 106 cm³/mol. The van der Waals surface area contributed by atoms with Crippen molar-refractivity contribution in [2.24, 2.45) is 0 Å². The number of rotatable bonds is 6. The lowest BCUT2D eigenvalue weighted by molar-refractivity contribution is -0.117. The highest BCUT2D eigenvalue weighted by Crippen LogP contribution is 2.33. The first-order chi connectivity index (χ1) is 14.0. The van der Waals surface area contributed by atoms with Crippen molar-refractivity contribution in [1.29, 1.82) is 0 Å². The Morgan fingerprint density at radius 2 is 2.03 bits per heavy atom. The molecule has 9 heteroatoms. The molecule has 0 spiro atoms. The van der Waals surface area contributed by atoms with E-state index in [0.29, 0.717) is 41.1 Å². The molecule has 4 rings (SSSR count). The van der Waals surface area contributed by atoms with Crippen LogP contribution < -0.4 is 20.3 Å². The van der Waals surface area contributed by atoms with E-state index in [4.69, 9.17) is 13.9 Å². The number of aromatic amines is 1. The number of fused-ring (bicyclic) bond motifs is 2. The van der Waals surface area contributed by atoms with Crippen molar-refractivity contribution >= 4 is 22.6 Å². The van der Waals surface area contributed by atoms with Gasteiger partial charge in [0.1, 0.15) is 11.1 Å². The molecular formula is C20H22N4O5. The number of nitrogens with zero attached hydrogens (tertiary/aromatic N) is 2. The Morgan fingerprint density at radius 1 is 1.24 bits per heavy atom. The van der Waals surface area contributed by atoms with E-state index in [1.165, 1.54) is 0 Å². The van der Waals surface area contributed by atoms with Gasteiger partial charge in [-0.3, -0.25) is 19.8 Å². The lowest BCUT2D eigenvalue weighted by atomic mass is 10.2. The lowest BCUT2D eigenvalue weighted by Crippen LogP contribution is -2.32. The van der Waals surface area contributed by atoms with Gasteiger partial charge in [0.05, 0.1) is 17.6 Å². The summed E-state index contributed by atoms with van der Waals surface area (Å²) in [6.45, 7) is 7.11. The number of anilines is 1. The molecule has 29 heavy (non-hydrogen) atoms. The van der Waals surface area contributed by atoms with E-state index in [0.717, 1.165) is 11.3 Å². The van der Waals surface area contributed by atoms with Crippen LogP contribution in [-0.2, 0) is 11.3 Å². The van der Waals surface area contributed by atoms with Gasteiger partial charge in [-0.2, -0.15) is 5.10 Å². The summed E-state index contributed by atoms with van der Waals surface area (Å²) in [6, 6.07) is 5.74. The van der Waals surface area contributed by atoms with Crippen molar-refractivity contribution in [3.05, 3.63) is 45.6 Å². The molecule has 0 atom stereocenters. The van der Waals surface area contributed by atoms with Crippen LogP contribution in [0, 0.1) is 13.8 Å². The number of carbonyl (C=O) groups is 1. The van der Waals surface area contributed by atoms with Crippen molar-refractivity contribution in [3.8, 4) is 11.5 Å². The number of H-pyrrole nitrogens is 1. The highest BCUT2D eigenvalue weighted by molar-refractivity contribution is 6.01. The van der Waals surface area contributed by atoms with Gasteiger partial charge in [-0.05, 0) is 38.1 Å². The van der Waals surface area contributed by atoms with Gasteiger partial charge in [0.2, 0.25) is 18.6 Å². The van der Waals surface area contributed by atoms with E-state index >= 15 is 0 Å². The molecule has 0 bridgehead atoms. The molecule has 3 heterocycles. The van der Waals surface area contributed by atoms with Gasteiger partial charge in [-0.1, -0.05) is 13.0 Å². The molecule has 1 aliphatic heterocycles. The molecule has 0 aliphatic carbocycles. The second kappa shape index (κ2) is 7.59. The third kappa shape index (κ3) is 3.68. The molecule has 152 valence electrons. The van der Waals surface area contributed by atoms with Crippen LogP contribution in [0.15, 0.2) is 27.4 Å². The highest BCUT2D eigenvalue weighted by Gasteiger charge is 2.20. The number of aryl methyl sites for hydroxylation is 2. The number of nitrogens with one attached hydrogen (secondary N) is 2. The number of carbonyl (C=O) groups excluding carboxylic acids is 1. The fraction of sp³-hybridized carbons (Fsp3) is 0.350. The van der Waals surface area contributed by atoms with Gasteiger partial charge in [0.15, 0.2) is 11.5 Å². The van der Waals surface area contributed by atoms with Gasteiger partial charge in [-0.15, -0.1) is 0 Å². The summed E-state index contributed by atoms with van der Waals surface area (Å²) in [7, 11) is 0. The van der Waals surface area contributed by atoms with E-state index in [1.807, 2.05) is 30.0 Å². The maximum absolute atomic E-state index is 12.6. The van der Waals surface area contributed by atoms with Gasteiger partial charge in [0.25, 0.3) is 5.56 Å². The van der Waals surface area contributed by atoms with E-state index in [9.17, 15) is 9.59 Å². The van der Waals surface area contributed by atoms with Crippen LogP contribution in [0.25, 0.3) is 10.8 Å². The molecule has 1 aliphatic rings.